The minimum absolute atomic E-state index is 0.0887. The maximum atomic E-state index is 12.6. The SMILES string of the molecule is Cc1ccn(CC(=O)Nc2ccc(C(=O)N3CCC(C(N)=O)CC3)cc2)c(=O)c1. The lowest BCUT2D eigenvalue weighted by molar-refractivity contribution is -0.123. The first kappa shape index (κ1) is 20.3. The number of aryl methyl sites for hydroxylation is 1. The van der Waals surface area contributed by atoms with Crippen LogP contribution in [0.2, 0.25) is 0 Å². The zero-order valence-corrected chi connectivity index (χ0v) is 16.3. The number of hydrogen-bond donors (Lipinski definition) is 2. The summed E-state index contributed by atoms with van der Waals surface area (Å²) in [5.41, 5.74) is 6.98. The molecule has 0 spiro atoms. The quantitative estimate of drug-likeness (QED) is 0.788. The Balaban J connectivity index is 1.57. The van der Waals surface area contributed by atoms with E-state index in [1.807, 2.05) is 6.92 Å². The third kappa shape index (κ3) is 5.10. The zero-order chi connectivity index (χ0) is 21.0. The van der Waals surface area contributed by atoms with Crippen LogP contribution in [0.5, 0.6) is 0 Å². The number of nitrogens with two attached hydrogens (primary N) is 1. The van der Waals surface area contributed by atoms with Gasteiger partial charge in [0, 0.05) is 42.5 Å². The standard InChI is InChI=1S/C21H24N4O4/c1-14-6-9-25(19(27)12-14)13-18(26)23-17-4-2-16(3-5-17)21(29)24-10-7-15(8-11-24)20(22)28/h2-6,9,12,15H,7-8,10-11,13H2,1H3,(H2,22,28)(H,23,26). The molecule has 0 aliphatic carbocycles. The van der Waals surface area contributed by atoms with E-state index in [2.05, 4.69) is 5.32 Å². The Bertz CT molecular complexity index is 973. The Morgan fingerprint density at radius 1 is 1.10 bits per heavy atom. The molecule has 1 aliphatic rings. The minimum atomic E-state index is -0.330. The molecule has 1 aromatic heterocycles. The molecule has 0 saturated carbocycles. The predicted molar refractivity (Wildman–Crippen MR) is 108 cm³/mol. The van der Waals surface area contributed by atoms with Crippen molar-refractivity contribution >= 4 is 23.4 Å². The highest BCUT2D eigenvalue weighted by atomic mass is 16.2. The number of primary amides is 1. The van der Waals surface area contributed by atoms with Gasteiger partial charge in [0.1, 0.15) is 6.54 Å². The summed E-state index contributed by atoms with van der Waals surface area (Å²) in [6.45, 7) is 2.72. The van der Waals surface area contributed by atoms with Gasteiger partial charge in [-0.05, 0) is 55.7 Å². The molecule has 1 aromatic carbocycles. The molecule has 2 aromatic rings. The Kier molecular flexibility index (Phi) is 6.11. The first-order valence-electron chi connectivity index (χ1n) is 9.49. The number of carbonyl (C=O) groups is 3. The van der Waals surface area contributed by atoms with Crippen molar-refractivity contribution in [3.05, 3.63) is 64.1 Å². The van der Waals surface area contributed by atoms with Gasteiger partial charge in [-0.25, -0.2) is 0 Å². The van der Waals surface area contributed by atoms with E-state index in [9.17, 15) is 19.2 Å². The molecule has 1 aliphatic heterocycles. The van der Waals surface area contributed by atoms with Crippen LogP contribution in [0.3, 0.4) is 0 Å². The van der Waals surface area contributed by atoms with Crippen molar-refractivity contribution in [2.45, 2.75) is 26.3 Å². The molecule has 0 radical (unpaired) electrons. The van der Waals surface area contributed by atoms with Crippen molar-refractivity contribution < 1.29 is 14.4 Å². The van der Waals surface area contributed by atoms with E-state index in [1.165, 1.54) is 10.6 Å². The van der Waals surface area contributed by atoms with Gasteiger partial charge in [0.2, 0.25) is 11.8 Å². The molecule has 2 heterocycles. The van der Waals surface area contributed by atoms with Gasteiger partial charge in [-0.3, -0.25) is 19.2 Å². The molecule has 29 heavy (non-hydrogen) atoms. The van der Waals surface area contributed by atoms with E-state index in [0.717, 1.165) is 5.56 Å². The average molecular weight is 396 g/mol. The lowest BCUT2D eigenvalue weighted by atomic mass is 9.96. The summed E-state index contributed by atoms with van der Waals surface area (Å²) in [4.78, 5) is 49.6. The van der Waals surface area contributed by atoms with E-state index in [1.54, 1.807) is 41.4 Å². The number of pyridine rings is 1. The molecule has 8 nitrogen and oxygen atoms in total. The van der Waals surface area contributed by atoms with E-state index in [0.29, 0.717) is 37.2 Å². The van der Waals surface area contributed by atoms with Crippen molar-refractivity contribution in [3.8, 4) is 0 Å². The second-order valence-electron chi connectivity index (χ2n) is 7.26. The van der Waals surface area contributed by atoms with Crippen LogP contribution in [-0.2, 0) is 16.1 Å². The highest BCUT2D eigenvalue weighted by molar-refractivity contribution is 5.96. The Labute approximate surface area is 168 Å². The van der Waals surface area contributed by atoms with Gasteiger partial charge < -0.3 is 20.5 Å². The zero-order valence-electron chi connectivity index (χ0n) is 16.3. The van der Waals surface area contributed by atoms with E-state index in [-0.39, 0.29) is 35.7 Å². The molecule has 1 saturated heterocycles. The fourth-order valence-electron chi connectivity index (χ4n) is 3.34. The fraction of sp³-hybridized carbons (Fsp3) is 0.333. The summed E-state index contributed by atoms with van der Waals surface area (Å²) >= 11 is 0. The van der Waals surface area contributed by atoms with Gasteiger partial charge in [0.15, 0.2) is 0 Å². The summed E-state index contributed by atoms with van der Waals surface area (Å²) < 4.78 is 1.33. The molecule has 1 fully saturated rings. The van der Waals surface area contributed by atoms with Gasteiger partial charge in [-0.2, -0.15) is 0 Å². The second kappa shape index (κ2) is 8.72. The molecule has 3 rings (SSSR count). The van der Waals surface area contributed by atoms with Crippen LogP contribution in [0.1, 0.15) is 28.8 Å². The number of nitrogens with one attached hydrogen (secondary N) is 1. The monoisotopic (exact) mass is 396 g/mol. The number of carbonyl (C=O) groups excluding carboxylic acids is 3. The molecule has 0 atom stereocenters. The van der Waals surface area contributed by atoms with Gasteiger partial charge in [0.05, 0.1) is 0 Å². The van der Waals surface area contributed by atoms with E-state index < -0.39 is 0 Å². The largest absolute Gasteiger partial charge is 0.369 e. The van der Waals surface area contributed by atoms with Crippen LogP contribution in [0.15, 0.2) is 47.4 Å². The molecule has 8 heteroatoms. The number of rotatable bonds is 5. The first-order chi connectivity index (χ1) is 13.8. The molecule has 3 amide bonds. The van der Waals surface area contributed by atoms with Crippen LogP contribution in [0, 0.1) is 12.8 Å². The fourth-order valence-corrected chi connectivity index (χ4v) is 3.34. The smallest absolute Gasteiger partial charge is 0.253 e. The summed E-state index contributed by atoms with van der Waals surface area (Å²) in [7, 11) is 0. The normalized spacial score (nSPS) is 14.4. The molecular formula is C21H24N4O4. The van der Waals surface area contributed by atoms with Crippen LogP contribution < -0.4 is 16.6 Å². The maximum Gasteiger partial charge on any atom is 0.253 e. The topological polar surface area (TPSA) is 114 Å². The first-order valence-corrected chi connectivity index (χ1v) is 9.49. The number of hydrogen-bond acceptors (Lipinski definition) is 4. The predicted octanol–water partition coefficient (Wildman–Crippen LogP) is 1.13. The average Bonchev–Trinajstić information content (AvgIpc) is 2.70. The third-order valence-electron chi connectivity index (χ3n) is 5.07. The summed E-state index contributed by atoms with van der Waals surface area (Å²) in [5, 5.41) is 2.72. The van der Waals surface area contributed by atoms with Gasteiger partial charge in [0.25, 0.3) is 11.5 Å². The molecule has 0 bridgehead atoms. The lowest BCUT2D eigenvalue weighted by Crippen LogP contribution is -2.41. The van der Waals surface area contributed by atoms with Crippen LogP contribution in [0.4, 0.5) is 5.69 Å². The van der Waals surface area contributed by atoms with Gasteiger partial charge >= 0.3 is 0 Å². The molecule has 152 valence electrons. The Hall–Kier alpha value is -3.42. The Morgan fingerprint density at radius 2 is 1.76 bits per heavy atom. The summed E-state index contributed by atoms with van der Waals surface area (Å²) in [5.74, 6) is -0.927. The van der Waals surface area contributed by atoms with E-state index in [4.69, 9.17) is 5.73 Å². The van der Waals surface area contributed by atoms with E-state index >= 15 is 0 Å². The lowest BCUT2D eigenvalue weighted by Gasteiger charge is -2.30. The number of aromatic nitrogens is 1. The summed E-state index contributed by atoms with van der Waals surface area (Å²) in [6, 6.07) is 9.84. The highest BCUT2D eigenvalue weighted by Gasteiger charge is 2.26. The Morgan fingerprint density at radius 3 is 2.34 bits per heavy atom. The van der Waals surface area contributed by atoms with Crippen LogP contribution in [0.25, 0.3) is 0 Å². The number of benzene rings is 1. The highest BCUT2D eigenvalue weighted by Crippen LogP contribution is 2.19. The van der Waals surface area contributed by atoms with Crippen molar-refractivity contribution in [2.75, 3.05) is 18.4 Å². The van der Waals surface area contributed by atoms with Crippen molar-refractivity contribution in [3.63, 3.8) is 0 Å². The maximum absolute atomic E-state index is 12.6. The van der Waals surface area contributed by atoms with Crippen LogP contribution >= 0.6 is 0 Å². The number of piperidine rings is 1. The molecule has 3 N–H and O–H groups in total. The molecular weight excluding hydrogens is 372 g/mol. The summed E-state index contributed by atoms with van der Waals surface area (Å²) in [6.07, 6.45) is 2.74. The number of amides is 3. The van der Waals surface area contributed by atoms with Crippen molar-refractivity contribution in [1.82, 2.24) is 9.47 Å². The van der Waals surface area contributed by atoms with Crippen LogP contribution in [-0.4, -0.2) is 40.3 Å². The van der Waals surface area contributed by atoms with Crippen molar-refractivity contribution in [2.24, 2.45) is 11.7 Å². The number of nitrogens with zero attached hydrogens (tertiary/aromatic N) is 2. The number of likely N-dealkylation sites (tertiary alicyclic amines) is 1. The number of anilines is 1. The van der Waals surface area contributed by atoms with Gasteiger partial charge in [-0.1, -0.05) is 0 Å². The second-order valence-corrected chi connectivity index (χ2v) is 7.26. The van der Waals surface area contributed by atoms with Crippen molar-refractivity contribution in [1.29, 1.82) is 0 Å². The van der Waals surface area contributed by atoms with Gasteiger partial charge in [-0.15, -0.1) is 0 Å². The molecule has 0 unspecified atom stereocenters. The third-order valence-corrected chi connectivity index (χ3v) is 5.07. The minimum Gasteiger partial charge on any atom is -0.369 e.